The van der Waals surface area contributed by atoms with Gasteiger partial charge < -0.3 is 10.4 Å². The fraction of sp³-hybridized carbons (Fsp3) is 0.548. The topological polar surface area (TPSA) is 69.6 Å². The maximum absolute atomic E-state index is 13.4. The molecule has 0 saturated heterocycles. The molecule has 0 radical (unpaired) electrons. The van der Waals surface area contributed by atoms with E-state index >= 15 is 0 Å². The molecular formula is C31H42N2O3S. The van der Waals surface area contributed by atoms with Gasteiger partial charge >= 0.3 is 5.97 Å². The van der Waals surface area contributed by atoms with Crippen LogP contribution in [0.4, 0.5) is 0 Å². The molecule has 0 bridgehead atoms. The van der Waals surface area contributed by atoms with Gasteiger partial charge in [0.05, 0.1) is 0 Å². The zero-order chi connectivity index (χ0) is 26.2. The van der Waals surface area contributed by atoms with Crippen molar-refractivity contribution in [2.24, 2.45) is 5.92 Å². The van der Waals surface area contributed by atoms with Crippen LogP contribution in [0.3, 0.4) is 0 Å². The van der Waals surface area contributed by atoms with Crippen molar-refractivity contribution in [1.29, 1.82) is 0 Å². The molecule has 6 heteroatoms. The van der Waals surface area contributed by atoms with Crippen LogP contribution in [0.1, 0.15) is 79.3 Å². The van der Waals surface area contributed by atoms with Crippen molar-refractivity contribution in [1.82, 2.24) is 10.2 Å². The molecule has 2 fully saturated rings. The van der Waals surface area contributed by atoms with Gasteiger partial charge in [0, 0.05) is 18.2 Å². The molecule has 4 rings (SSSR count). The van der Waals surface area contributed by atoms with Gasteiger partial charge in [-0.25, -0.2) is 4.79 Å². The molecule has 2 aromatic carbocycles. The average Bonchev–Trinajstić information content (AvgIpc) is 3.75. The van der Waals surface area contributed by atoms with Crippen molar-refractivity contribution in [2.45, 2.75) is 83.3 Å². The molecule has 2 aliphatic rings. The van der Waals surface area contributed by atoms with Gasteiger partial charge in [0.1, 0.15) is 6.04 Å². The molecule has 1 atom stereocenters. The highest BCUT2D eigenvalue weighted by atomic mass is 32.2. The molecule has 0 aliphatic heterocycles. The molecule has 2 N–H and O–H groups in total. The van der Waals surface area contributed by atoms with Gasteiger partial charge in [-0.15, -0.1) is 0 Å². The van der Waals surface area contributed by atoms with Crippen molar-refractivity contribution in [3.8, 4) is 11.1 Å². The smallest absolute Gasteiger partial charge is 0.326 e. The molecule has 0 spiro atoms. The number of carboxylic acid groups (broad SMARTS) is 1. The van der Waals surface area contributed by atoms with E-state index in [0.717, 1.165) is 35.7 Å². The van der Waals surface area contributed by atoms with Crippen LogP contribution in [0.5, 0.6) is 0 Å². The first kappa shape index (κ1) is 27.7. The van der Waals surface area contributed by atoms with Gasteiger partial charge in [-0.05, 0) is 91.5 Å². The number of hydrogen-bond donors (Lipinski definition) is 2. The number of amides is 1. The molecule has 0 unspecified atom stereocenters. The third-order valence-corrected chi connectivity index (χ3v) is 8.62. The van der Waals surface area contributed by atoms with E-state index in [1.807, 2.05) is 24.5 Å². The van der Waals surface area contributed by atoms with Gasteiger partial charge in [0.15, 0.2) is 0 Å². The Morgan fingerprint density at radius 3 is 2.49 bits per heavy atom. The Labute approximate surface area is 226 Å². The number of aliphatic carboxylic acids is 1. The summed E-state index contributed by atoms with van der Waals surface area (Å²) in [6, 6.07) is 14.0. The second-order valence-corrected chi connectivity index (χ2v) is 11.8. The fourth-order valence-corrected chi connectivity index (χ4v) is 6.08. The minimum Gasteiger partial charge on any atom is -0.480 e. The Hall–Kier alpha value is -2.31. The lowest BCUT2D eigenvalue weighted by Crippen LogP contribution is -2.41. The van der Waals surface area contributed by atoms with Gasteiger partial charge in [-0.2, -0.15) is 11.8 Å². The quantitative estimate of drug-likeness (QED) is 0.313. The lowest BCUT2D eigenvalue weighted by molar-refractivity contribution is -0.139. The zero-order valence-corrected chi connectivity index (χ0v) is 23.2. The molecule has 37 heavy (non-hydrogen) atoms. The predicted octanol–water partition coefficient (Wildman–Crippen LogP) is 6.53. The van der Waals surface area contributed by atoms with E-state index < -0.39 is 12.0 Å². The SMILES string of the molecule is CSCC[C@H](NC(=O)c1ccc(CN(CCC2CCCCC2)C2CC2)cc1-c1ccccc1C)C(=O)O. The summed E-state index contributed by atoms with van der Waals surface area (Å²) in [5.41, 5.74) is 4.74. The number of nitrogens with one attached hydrogen (secondary N) is 1. The molecular weight excluding hydrogens is 480 g/mol. The predicted molar refractivity (Wildman–Crippen MR) is 153 cm³/mol. The number of rotatable bonds is 13. The summed E-state index contributed by atoms with van der Waals surface area (Å²) in [5, 5.41) is 12.4. The number of carboxylic acids is 1. The lowest BCUT2D eigenvalue weighted by Gasteiger charge is -2.27. The Kier molecular flexibility index (Phi) is 10.1. The number of benzene rings is 2. The monoisotopic (exact) mass is 522 g/mol. The van der Waals surface area contributed by atoms with Crippen LogP contribution in [0, 0.1) is 12.8 Å². The minimum absolute atomic E-state index is 0.324. The number of hydrogen-bond acceptors (Lipinski definition) is 4. The normalized spacial score (nSPS) is 17.1. The van der Waals surface area contributed by atoms with Crippen LogP contribution in [-0.4, -0.2) is 52.5 Å². The number of thioether (sulfide) groups is 1. The maximum atomic E-state index is 13.4. The second kappa shape index (κ2) is 13.5. The second-order valence-electron chi connectivity index (χ2n) is 10.8. The van der Waals surface area contributed by atoms with Gasteiger partial charge in [0.2, 0.25) is 0 Å². The van der Waals surface area contributed by atoms with E-state index in [9.17, 15) is 14.7 Å². The van der Waals surface area contributed by atoms with E-state index in [-0.39, 0.29) is 5.91 Å². The van der Waals surface area contributed by atoms with Crippen LogP contribution in [-0.2, 0) is 11.3 Å². The summed E-state index contributed by atoms with van der Waals surface area (Å²) in [7, 11) is 0. The van der Waals surface area contributed by atoms with Crippen molar-refractivity contribution in [3.05, 3.63) is 59.2 Å². The molecule has 2 saturated carbocycles. The Balaban J connectivity index is 1.56. The van der Waals surface area contributed by atoms with E-state index in [1.165, 1.54) is 56.9 Å². The van der Waals surface area contributed by atoms with Crippen molar-refractivity contribution >= 4 is 23.6 Å². The highest BCUT2D eigenvalue weighted by molar-refractivity contribution is 7.98. The first-order valence-corrected chi connectivity index (χ1v) is 15.3. The molecule has 5 nitrogen and oxygen atoms in total. The van der Waals surface area contributed by atoms with E-state index in [2.05, 4.69) is 41.4 Å². The molecule has 0 aromatic heterocycles. The van der Waals surface area contributed by atoms with E-state index in [1.54, 1.807) is 11.8 Å². The van der Waals surface area contributed by atoms with Gasteiger partial charge in [0.25, 0.3) is 5.91 Å². The van der Waals surface area contributed by atoms with E-state index in [4.69, 9.17) is 0 Å². The maximum Gasteiger partial charge on any atom is 0.326 e. The standard InChI is InChI=1S/C31H42N2O3S/c1-22-8-6-7-11-26(22)28-20-24(12-15-27(28)30(34)32-29(31(35)36)17-19-37-2)21-33(25-13-14-25)18-16-23-9-4-3-5-10-23/h6-8,11-12,15,20,23,25,29H,3-5,9-10,13-14,16-19,21H2,1-2H3,(H,32,34)(H,35,36)/t29-/m0/s1. The molecule has 1 amide bonds. The largest absolute Gasteiger partial charge is 0.480 e. The van der Waals surface area contributed by atoms with Crippen LogP contribution >= 0.6 is 11.8 Å². The first-order valence-electron chi connectivity index (χ1n) is 13.9. The Morgan fingerprint density at radius 1 is 1.05 bits per heavy atom. The molecule has 2 aromatic rings. The number of aryl methyl sites for hydroxylation is 1. The van der Waals surface area contributed by atoms with Crippen LogP contribution in [0.25, 0.3) is 11.1 Å². The summed E-state index contributed by atoms with van der Waals surface area (Å²) in [4.78, 5) is 27.8. The summed E-state index contributed by atoms with van der Waals surface area (Å²) < 4.78 is 0. The number of carbonyl (C=O) groups is 2. The molecule has 0 heterocycles. The Morgan fingerprint density at radius 2 is 1.81 bits per heavy atom. The lowest BCUT2D eigenvalue weighted by atomic mass is 9.87. The van der Waals surface area contributed by atoms with Gasteiger partial charge in [-0.1, -0.05) is 62.4 Å². The van der Waals surface area contributed by atoms with Crippen LogP contribution < -0.4 is 5.32 Å². The highest BCUT2D eigenvalue weighted by Gasteiger charge is 2.30. The first-order chi connectivity index (χ1) is 18.0. The van der Waals surface area contributed by atoms with Crippen LogP contribution in [0.2, 0.25) is 0 Å². The number of carbonyl (C=O) groups excluding carboxylic acids is 1. The third-order valence-electron chi connectivity index (χ3n) is 7.98. The summed E-state index contributed by atoms with van der Waals surface area (Å²) >= 11 is 1.58. The summed E-state index contributed by atoms with van der Waals surface area (Å²) in [5.74, 6) is 0.236. The van der Waals surface area contributed by atoms with Crippen molar-refractivity contribution in [3.63, 3.8) is 0 Å². The van der Waals surface area contributed by atoms with Crippen molar-refractivity contribution < 1.29 is 14.7 Å². The summed E-state index contributed by atoms with van der Waals surface area (Å²) in [6.45, 7) is 4.10. The van der Waals surface area contributed by atoms with E-state index in [0.29, 0.717) is 23.8 Å². The average molecular weight is 523 g/mol. The minimum atomic E-state index is -0.991. The molecule has 200 valence electrons. The Bertz CT molecular complexity index is 1060. The zero-order valence-electron chi connectivity index (χ0n) is 22.4. The summed E-state index contributed by atoms with van der Waals surface area (Å²) in [6.07, 6.45) is 13.1. The number of nitrogens with zero attached hydrogens (tertiary/aromatic N) is 1. The van der Waals surface area contributed by atoms with Gasteiger partial charge in [-0.3, -0.25) is 9.69 Å². The highest BCUT2D eigenvalue weighted by Crippen LogP contribution is 2.33. The fourth-order valence-electron chi connectivity index (χ4n) is 5.60. The van der Waals surface area contributed by atoms with Crippen molar-refractivity contribution in [2.75, 3.05) is 18.6 Å². The third kappa shape index (κ3) is 7.84. The molecule has 2 aliphatic carbocycles. The van der Waals surface area contributed by atoms with Crippen LogP contribution in [0.15, 0.2) is 42.5 Å².